The van der Waals surface area contributed by atoms with Gasteiger partial charge in [0.05, 0.1) is 6.54 Å². The Balaban J connectivity index is 1.39. The highest BCUT2D eigenvalue weighted by molar-refractivity contribution is 5.78. The number of ether oxygens (including phenoxy) is 4. The molecule has 3 rings (SSSR count). The summed E-state index contributed by atoms with van der Waals surface area (Å²) in [5.74, 6) is 2.30. The van der Waals surface area contributed by atoms with Gasteiger partial charge in [-0.25, -0.2) is 0 Å². The summed E-state index contributed by atoms with van der Waals surface area (Å²) in [5.41, 5.74) is 0. The average Bonchev–Trinajstić information content (AvgIpc) is 3.00. The van der Waals surface area contributed by atoms with E-state index in [0.717, 1.165) is 18.6 Å². The third kappa shape index (κ3) is 3.58. The predicted molar refractivity (Wildman–Crippen MR) is 74.6 cm³/mol. The Morgan fingerprint density at radius 2 is 2.05 bits per heavy atom. The quantitative estimate of drug-likeness (QED) is 0.830. The minimum absolute atomic E-state index is 0.0734. The second-order valence-corrected chi connectivity index (χ2v) is 5.04. The number of nitrogens with one attached hydrogen (secondary N) is 1. The molecule has 0 radical (unpaired) electrons. The van der Waals surface area contributed by atoms with Crippen LogP contribution in [0, 0.1) is 5.92 Å². The molecule has 2 aliphatic rings. The van der Waals surface area contributed by atoms with Gasteiger partial charge in [0, 0.05) is 25.2 Å². The second kappa shape index (κ2) is 6.67. The zero-order chi connectivity index (χ0) is 14.5. The molecule has 1 saturated heterocycles. The van der Waals surface area contributed by atoms with Gasteiger partial charge in [0.2, 0.25) is 12.7 Å². The Morgan fingerprint density at radius 3 is 2.90 bits per heavy atom. The maximum Gasteiger partial charge on any atom is 0.231 e. The highest BCUT2D eigenvalue weighted by atomic mass is 16.7. The number of amides is 1. The lowest BCUT2D eigenvalue weighted by Gasteiger charge is -2.21. The molecule has 0 aliphatic carbocycles. The number of benzene rings is 1. The van der Waals surface area contributed by atoms with Crippen LogP contribution in [0.5, 0.6) is 17.2 Å². The van der Waals surface area contributed by atoms with E-state index in [1.165, 1.54) is 0 Å². The van der Waals surface area contributed by atoms with Gasteiger partial charge in [-0.2, -0.15) is 0 Å². The first-order chi connectivity index (χ1) is 10.3. The van der Waals surface area contributed by atoms with Crippen molar-refractivity contribution >= 4 is 5.91 Å². The Kier molecular flexibility index (Phi) is 4.45. The van der Waals surface area contributed by atoms with Crippen LogP contribution in [0.25, 0.3) is 0 Å². The van der Waals surface area contributed by atoms with E-state index in [-0.39, 0.29) is 18.6 Å². The third-order valence-electron chi connectivity index (χ3n) is 3.61. The number of carbonyl (C=O) groups is 1. The van der Waals surface area contributed by atoms with Gasteiger partial charge in [-0.15, -0.1) is 0 Å². The third-order valence-corrected chi connectivity index (χ3v) is 3.61. The van der Waals surface area contributed by atoms with Crippen molar-refractivity contribution in [3.8, 4) is 17.2 Å². The molecule has 2 aliphatic heterocycles. The molecule has 0 aromatic heterocycles. The van der Waals surface area contributed by atoms with Crippen molar-refractivity contribution in [3.63, 3.8) is 0 Å². The molecule has 1 N–H and O–H groups in total. The van der Waals surface area contributed by atoms with Crippen LogP contribution in [0.3, 0.4) is 0 Å². The Bertz CT molecular complexity index is 499. The first kappa shape index (κ1) is 14.0. The topological polar surface area (TPSA) is 66.0 Å². The molecule has 2 heterocycles. The fraction of sp³-hybridized carbons (Fsp3) is 0.533. The zero-order valence-electron chi connectivity index (χ0n) is 11.8. The Hall–Kier alpha value is -1.95. The highest BCUT2D eigenvalue weighted by Gasteiger charge is 2.21. The molecule has 0 saturated carbocycles. The molecular weight excluding hydrogens is 274 g/mol. The lowest BCUT2D eigenvalue weighted by molar-refractivity contribution is -0.127. The van der Waals surface area contributed by atoms with E-state index in [1.54, 1.807) is 6.07 Å². The van der Waals surface area contributed by atoms with Crippen molar-refractivity contribution in [1.82, 2.24) is 5.32 Å². The van der Waals surface area contributed by atoms with Crippen molar-refractivity contribution in [1.29, 1.82) is 0 Å². The van der Waals surface area contributed by atoms with Gasteiger partial charge in [-0.3, -0.25) is 4.79 Å². The van der Waals surface area contributed by atoms with Crippen LogP contribution in [0.15, 0.2) is 18.2 Å². The number of hydrogen-bond donors (Lipinski definition) is 1. The van der Waals surface area contributed by atoms with Crippen LogP contribution in [-0.4, -0.2) is 39.1 Å². The maximum atomic E-state index is 11.9. The standard InChI is InChI=1S/C15H19NO5/c17-15(11-3-6-18-7-4-11)16-5-8-19-12-1-2-13-14(9-12)21-10-20-13/h1-2,9,11H,3-8,10H2,(H,16,17). The molecule has 6 heteroatoms. The van der Waals surface area contributed by atoms with E-state index in [2.05, 4.69) is 5.32 Å². The van der Waals surface area contributed by atoms with Gasteiger partial charge >= 0.3 is 0 Å². The van der Waals surface area contributed by atoms with Gasteiger partial charge in [-0.05, 0) is 25.0 Å². The van der Waals surface area contributed by atoms with E-state index in [0.29, 0.717) is 37.9 Å². The highest BCUT2D eigenvalue weighted by Crippen LogP contribution is 2.34. The number of carbonyl (C=O) groups excluding carboxylic acids is 1. The number of fused-ring (bicyclic) bond motifs is 1. The van der Waals surface area contributed by atoms with Crippen LogP contribution in [0.4, 0.5) is 0 Å². The largest absolute Gasteiger partial charge is 0.492 e. The van der Waals surface area contributed by atoms with Crippen LogP contribution < -0.4 is 19.5 Å². The predicted octanol–water partition coefficient (Wildman–Crippen LogP) is 1.34. The SMILES string of the molecule is O=C(NCCOc1ccc2c(c1)OCO2)C1CCOCC1. The summed E-state index contributed by atoms with van der Waals surface area (Å²) in [6.45, 7) is 2.51. The normalized spacial score (nSPS) is 17.5. The first-order valence-corrected chi connectivity index (χ1v) is 7.21. The van der Waals surface area contributed by atoms with Crippen LogP contribution in [0.2, 0.25) is 0 Å². The lowest BCUT2D eigenvalue weighted by Crippen LogP contribution is -2.36. The van der Waals surface area contributed by atoms with Crippen LogP contribution in [0.1, 0.15) is 12.8 Å². The minimum Gasteiger partial charge on any atom is -0.492 e. The summed E-state index contributed by atoms with van der Waals surface area (Å²) in [6.07, 6.45) is 1.60. The molecule has 114 valence electrons. The number of hydrogen-bond acceptors (Lipinski definition) is 5. The van der Waals surface area contributed by atoms with Crippen molar-refractivity contribution in [3.05, 3.63) is 18.2 Å². The first-order valence-electron chi connectivity index (χ1n) is 7.21. The van der Waals surface area contributed by atoms with E-state index < -0.39 is 0 Å². The van der Waals surface area contributed by atoms with E-state index in [1.807, 2.05) is 12.1 Å². The molecule has 21 heavy (non-hydrogen) atoms. The molecule has 0 unspecified atom stereocenters. The average molecular weight is 293 g/mol. The summed E-state index contributed by atoms with van der Waals surface area (Å²) < 4.78 is 21.3. The van der Waals surface area contributed by atoms with Crippen molar-refractivity contribution in [2.24, 2.45) is 5.92 Å². The van der Waals surface area contributed by atoms with E-state index >= 15 is 0 Å². The van der Waals surface area contributed by atoms with Crippen LogP contribution in [-0.2, 0) is 9.53 Å². The molecule has 1 fully saturated rings. The van der Waals surface area contributed by atoms with Gasteiger partial charge in [0.1, 0.15) is 12.4 Å². The molecule has 1 amide bonds. The van der Waals surface area contributed by atoms with E-state index in [9.17, 15) is 4.79 Å². The maximum absolute atomic E-state index is 11.9. The number of rotatable bonds is 5. The summed E-state index contributed by atoms with van der Waals surface area (Å²) in [5, 5.41) is 2.90. The lowest BCUT2D eigenvalue weighted by atomic mass is 9.99. The Labute approximate surface area is 123 Å². The fourth-order valence-corrected chi connectivity index (χ4v) is 2.41. The monoisotopic (exact) mass is 293 g/mol. The van der Waals surface area contributed by atoms with Gasteiger partial charge in [0.15, 0.2) is 11.5 Å². The summed E-state index contributed by atoms with van der Waals surface area (Å²) in [4.78, 5) is 11.9. The molecule has 0 spiro atoms. The zero-order valence-corrected chi connectivity index (χ0v) is 11.8. The van der Waals surface area contributed by atoms with Gasteiger partial charge in [0.25, 0.3) is 0 Å². The van der Waals surface area contributed by atoms with Gasteiger partial charge in [-0.1, -0.05) is 0 Å². The molecule has 1 aromatic carbocycles. The molecule has 6 nitrogen and oxygen atoms in total. The smallest absolute Gasteiger partial charge is 0.231 e. The van der Waals surface area contributed by atoms with Crippen LogP contribution >= 0.6 is 0 Å². The van der Waals surface area contributed by atoms with E-state index in [4.69, 9.17) is 18.9 Å². The Morgan fingerprint density at radius 1 is 1.24 bits per heavy atom. The van der Waals surface area contributed by atoms with Crippen molar-refractivity contribution in [2.75, 3.05) is 33.2 Å². The molecule has 0 bridgehead atoms. The molecule has 1 aromatic rings. The molecule has 0 atom stereocenters. The van der Waals surface area contributed by atoms with Crippen molar-refractivity contribution in [2.45, 2.75) is 12.8 Å². The molecular formula is C15H19NO5. The minimum atomic E-state index is 0.0734. The summed E-state index contributed by atoms with van der Waals surface area (Å²) in [7, 11) is 0. The summed E-state index contributed by atoms with van der Waals surface area (Å²) >= 11 is 0. The van der Waals surface area contributed by atoms with Crippen molar-refractivity contribution < 1.29 is 23.7 Å². The van der Waals surface area contributed by atoms with Gasteiger partial charge < -0.3 is 24.3 Å². The second-order valence-electron chi connectivity index (χ2n) is 5.04. The fourth-order valence-electron chi connectivity index (χ4n) is 2.41. The summed E-state index contributed by atoms with van der Waals surface area (Å²) in [6, 6.07) is 5.44.